The van der Waals surface area contributed by atoms with Crippen LogP contribution in [0.25, 0.3) is 0 Å². The van der Waals surface area contributed by atoms with Gasteiger partial charge >= 0.3 is 0 Å². The van der Waals surface area contributed by atoms with Gasteiger partial charge in [-0.25, -0.2) is 0 Å². The molecule has 1 aliphatic heterocycles. The minimum Gasteiger partial charge on any atom is -0.378 e. The van der Waals surface area contributed by atoms with Crippen LogP contribution in [-0.4, -0.2) is 38.8 Å². The Hall–Kier alpha value is -1.10. The lowest BCUT2D eigenvalue weighted by molar-refractivity contribution is -0.119. The Bertz CT molecular complexity index is 459. The second-order valence-electron chi connectivity index (χ2n) is 4.82. The van der Waals surface area contributed by atoms with Crippen molar-refractivity contribution in [1.82, 2.24) is 5.32 Å². The molecule has 2 rings (SSSR count). The predicted octanol–water partition coefficient (Wildman–Crippen LogP) is 1.99. The number of nitrogens with one attached hydrogen (secondary N) is 1. The van der Waals surface area contributed by atoms with E-state index in [1.165, 1.54) is 0 Å². The van der Waals surface area contributed by atoms with E-state index in [2.05, 4.69) is 5.32 Å². The number of halogens is 1. The minimum atomic E-state index is 0.0583. The first kappa shape index (κ1) is 14.3. The number of aryl methyl sites for hydroxylation is 1. The normalized spacial score (nSPS) is 19.2. The third-order valence-electron chi connectivity index (χ3n) is 3.34. The number of nitrogens with zero attached hydrogens (tertiary/aromatic N) is 1. The highest BCUT2D eigenvalue weighted by Gasteiger charge is 2.20. The highest BCUT2D eigenvalue weighted by Crippen LogP contribution is 2.23. The number of amides is 1. The zero-order chi connectivity index (χ0) is 13.8. The summed E-state index contributed by atoms with van der Waals surface area (Å²) in [6.45, 7) is 4.05. The third kappa shape index (κ3) is 3.69. The lowest BCUT2D eigenvalue weighted by atomic mass is 10.1. The Balaban J connectivity index is 1.99. The fourth-order valence-corrected chi connectivity index (χ4v) is 2.21. The maximum Gasteiger partial charge on any atom is 0.228 e. The van der Waals surface area contributed by atoms with Gasteiger partial charge < -0.3 is 15.0 Å². The molecular formula is C14H19ClN2O2. The maximum absolute atomic E-state index is 12.2. The molecule has 1 aromatic carbocycles. The summed E-state index contributed by atoms with van der Waals surface area (Å²) in [4.78, 5) is 13.8. The van der Waals surface area contributed by atoms with E-state index in [1.54, 1.807) is 11.9 Å². The van der Waals surface area contributed by atoms with E-state index in [0.29, 0.717) is 24.7 Å². The van der Waals surface area contributed by atoms with Crippen LogP contribution in [0.5, 0.6) is 0 Å². The van der Waals surface area contributed by atoms with Crippen LogP contribution in [0, 0.1) is 6.92 Å². The van der Waals surface area contributed by atoms with Crippen molar-refractivity contribution < 1.29 is 9.53 Å². The van der Waals surface area contributed by atoms with Crippen molar-refractivity contribution in [1.29, 1.82) is 0 Å². The van der Waals surface area contributed by atoms with E-state index in [0.717, 1.165) is 17.8 Å². The molecule has 0 aromatic heterocycles. The van der Waals surface area contributed by atoms with Gasteiger partial charge in [-0.05, 0) is 24.6 Å². The number of anilines is 1. The van der Waals surface area contributed by atoms with E-state index in [-0.39, 0.29) is 11.9 Å². The zero-order valence-electron chi connectivity index (χ0n) is 11.3. The lowest BCUT2D eigenvalue weighted by Crippen LogP contribution is -2.44. The van der Waals surface area contributed by atoms with Gasteiger partial charge in [-0.15, -0.1) is 0 Å². The van der Waals surface area contributed by atoms with Gasteiger partial charge in [0, 0.05) is 36.8 Å². The van der Waals surface area contributed by atoms with Gasteiger partial charge in [0.1, 0.15) is 0 Å². The van der Waals surface area contributed by atoms with Gasteiger partial charge in [0.05, 0.1) is 13.2 Å². The molecule has 104 valence electrons. The molecule has 1 heterocycles. The highest BCUT2D eigenvalue weighted by atomic mass is 35.5. The lowest BCUT2D eigenvalue weighted by Gasteiger charge is -2.26. The van der Waals surface area contributed by atoms with Gasteiger partial charge in [-0.1, -0.05) is 17.7 Å². The number of carbonyl (C=O) groups is 1. The highest BCUT2D eigenvalue weighted by molar-refractivity contribution is 6.31. The van der Waals surface area contributed by atoms with Crippen LogP contribution >= 0.6 is 11.6 Å². The molecule has 0 aliphatic carbocycles. The summed E-state index contributed by atoms with van der Waals surface area (Å²) in [5, 5.41) is 3.96. The van der Waals surface area contributed by atoms with Crippen molar-refractivity contribution in [3.05, 3.63) is 28.8 Å². The first-order valence-corrected chi connectivity index (χ1v) is 6.79. The molecule has 5 heteroatoms. The molecule has 0 spiro atoms. The van der Waals surface area contributed by atoms with Crippen LogP contribution < -0.4 is 10.2 Å². The fourth-order valence-electron chi connectivity index (χ4n) is 2.03. The Morgan fingerprint density at radius 3 is 3.00 bits per heavy atom. The maximum atomic E-state index is 12.2. The number of benzene rings is 1. The fraction of sp³-hybridized carbons (Fsp3) is 0.500. The average Bonchev–Trinajstić information content (AvgIpc) is 2.42. The number of hydrogen-bond donors (Lipinski definition) is 1. The Labute approximate surface area is 118 Å². The van der Waals surface area contributed by atoms with E-state index < -0.39 is 0 Å². The number of ether oxygens (including phenoxy) is 1. The summed E-state index contributed by atoms with van der Waals surface area (Å²) in [7, 11) is 1.77. The molecule has 1 amide bonds. The van der Waals surface area contributed by atoms with Gasteiger partial charge in [0.15, 0.2) is 0 Å². The molecule has 4 nitrogen and oxygen atoms in total. The van der Waals surface area contributed by atoms with Crippen molar-refractivity contribution in [3.63, 3.8) is 0 Å². The molecule has 0 saturated carbocycles. The van der Waals surface area contributed by atoms with Crippen molar-refractivity contribution in [3.8, 4) is 0 Å². The summed E-state index contributed by atoms with van der Waals surface area (Å²) in [5.41, 5.74) is 1.82. The second kappa shape index (κ2) is 6.37. The zero-order valence-corrected chi connectivity index (χ0v) is 12.0. The van der Waals surface area contributed by atoms with E-state index >= 15 is 0 Å². The average molecular weight is 283 g/mol. The summed E-state index contributed by atoms with van der Waals surface area (Å²) in [6.07, 6.45) is 0.433. The number of rotatable bonds is 3. The minimum absolute atomic E-state index is 0.0583. The topological polar surface area (TPSA) is 41.6 Å². The van der Waals surface area contributed by atoms with Crippen molar-refractivity contribution in [2.45, 2.75) is 19.4 Å². The van der Waals surface area contributed by atoms with Crippen molar-refractivity contribution in [2.24, 2.45) is 0 Å². The van der Waals surface area contributed by atoms with Crippen LogP contribution in [0.15, 0.2) is 18.2 Å². The monoisotopic (exact) mass is 282 g/mol. The molecule has 1 N–H and O–H groups in total. The predicted molar refractivity (Wildman–Crippen MR) is 76.8 cm³/mol. The van der Waals surface area contributed by atoms with Crippen molar-refractivity contribution >= 4 is 23.2 Å². The molecule has 19 heavy (non-hydrogen) atoms. The molecule has 0 bridgehead atoms. The van der Waals surface area contributed by atoms with Gasteiger partial charge in [0.25, 0.3) is 0 Å². The molecule has 1 aromatic rings. The molecular weight excluding hydrogens is 264 g/mol. The summed E-state index contributed by atoms with van der Waals surface area (Å²) in [5.74, 6) is 0.0583. The molecule has 1 unspecified atom stereocenters. The van der Waals surface area contributed by atoms with E-state index in [4.69, 9.17) is 16.3 Å². The van der Waals surface area contributed by atoms with Crippen molar-refractivity contribution in [2.75, 3.05) is 31.7 Å². The van der Waals surface area contributed by atoms with Crippen LogP contribution in [0.3, 0.4) is 0 Å². The Morgan fingerprint density at radius 2 is 2.37 bits per heavy atom. The molecule has 0 radical (unpaired) electrons. The second-order valence-corrected chi connectivity index (χ2v) is 5.22. The van der Waals surface area contributed by atoms with Gasteiger partial charge in [0.2, 0.25) is 5.91 Å². The molecule has 1 fully saturated rings. The standard InChI is InChI=1S/C14H19ClN2O2/c1-10-3-4-12(8-13(10)15)17(2)14(18)7-11-9-19-6-5-16-11/h3-4,8,11,16H,5-7,9H2,1-2H3. The van der Waals surface area contributed by atoms with Gasteiger partial charge in [-0.3, -0.25) is 4.79 Å². The van der Waals surface area contributed by atoms with Crippen LogP contribution in [0.4, 0.5) is 5.69 Å². The molecule has 1 atom stereocenters. The van der Waals surface area contributed by atoms with E-state index in [1.807, 2.05) is 25.1 Å². The van der Waals surface area contributed by atoms with Gasteiger partial charge in [-0.2, -0.15) is 0 Å². The Morgan fingerprint density at radius 1 is 1.58 bits per heavy atom. The number of hydrogen-bond acceptors (Lipinski definition) is 3. The largest absolute Gasteiger partial charge is 0.378 e. The van der Waals surface area contributed by atoms with E-state index in [9.17, 15) is 4.79 Å². The smallest absolute Gasteiger partial charge is 0.228 e. The quantitative estimate of drug-likeness (QED) is 0.922. The summed E-state index contributed by atoms with van der Waals surface area (Å²) < 4.78 is 5.35. The first-order valence-electron chi connectivity index (χ1n) is 6.42. The summed E-state index contributed by atoms with van der Waals surface area (Å²) in [6, 6.07) is 5.75. The number of morpholine rings is 1. The Kier molecular flexibility index (Phi) is 4.80. The van der Waals surface area contributed by atoms with Crippen LogP contribution in [0.1, 0.15) is 12.0 Å². The molecule has 1 aliphatic rings. The first-order chi connectivity index (χ1) is 9.08. The molecule has 1 saturated heterocycles. The number of carbonyl (C=O) groups excluding carboxylic acids is 1. The SMILES string of the molecule is Cc1ccc(N(C)C(=O)CC2COCCN2)cc1Cl. The third-order valence-corrected chi connectivity index (χ3v) is 3.74. The van der Waals surface area contributed by atoms with Crippen LogP contribution in [0.2, 0.25) is 5.02 Å². The summed E-state index contributed by atoms with van der Waals surface area (Å²) >= 11 is 6.08. The van der Waals surface area contributed by atoms with Crippen LogP contribution in [-0.2, 0) is 9.53 Å².